The van der Waals surface area contributed by atoms with Crippen LogP contribution in [0.2, 0.25) is 0 Å². The summed E-state index contributed by atoms with van der Waals surface area (Å²) in [5.74, 6) is 2.35. The SMILES string of the molecule is C#CCCC(NC)c1cccc(Br)c1F. The molecule has 0 heterocycles. The van der Waals surface area contributed by atoms with Crippen LogP contribution >= 0.6 is 15.9 Å². The van der Waals surface area contributed by atoms with Gasteiger partial charge < -0.3 is 5.32 Å². The lowest BCUT2D eigenvalue weighted by Gasteiger charge is -2.16. The third-order valence-corrected chi connectivity index (χ3v) is 2.90. The summed E-state index contributed by atoms with van der Waals surface area (Å²) in [5, 5.41) is 3.06. The van der Waals surface area contributed by atoms with Crippen LogP contribution in [0.25, 0.3) is 0 Å². The summed E-state index contributed by atoms with van der Waals surface area (Å²) < 4.78 is 14.2. The Bertz CT molecular complexity index is 370. The van der Waals surface area contributed by atoms with Gasteiger partial charge in [0.2, 0.25) is 0 Å². The van der Waals surface area contributed by atoms with E-state index in [1.54, 1.807) is 12.1 Å². The molecule has 0 aliphatic rings. The molecule has 0 aromatic heterocycles. The molecule has 0 fully saturated rings. The average Bonchev–Trinajstić information content (AvgIpc) is 2.25. The molecule has 15 heavy (non-hydrogen) atoms. The van der Waals surface area contributed by atoms with Crippen LogP contribution in [0.5, 0.6) is 0 Å². The fourth-order valence-electron chi connectivity index (χ4n) is 1.47. The van der Waals surface area contributed by atoms with Crippen LogP contribution < -0.4 is 5.32 Å². The maximum atomic E-state index is 13.7. The van der Waals surface area contributed by atoms with Gasteiger partial charge in [-0.3, -0.25) is 0 Å². The summed E-state index contributed by atoms with van der Waals surface area (Å²) in [4.78, 5) is 0. The van der Waals surface area contributed by atoms with Gasteiger partial charge in [0.1, 0.15) is 5.82 Å². The number of hydrogen-bond acceptors (Lipinski definition) is 1. The van der Waals surface area contributed by atoms with E-state index in [1.807, 2.05) is 13.1 Å². The molecule has 0 spiro atoms. The lowest BCUT2D eigenvalue weighted by Crippen LogP contribution is -2.17. The smallest absolute Gasteiger partial charge is 0.142 e. The molecule has 0 saturated carbocycles. The van der Waals surface area contributed by atoms with Gasteiger partial charge in [0.25, 0.3) is 0 Å². The zero-order valence-corrected chi connectivity index (χ0v) is 10.1. The molecule has 1 atom stereocenters. The van der Waals surface area contributed by atoms with Crippen molar-refractivity contribution < 1.29 is 4.39 Å². The molecule has 1 rings (SSSR count). The Labute approximate surface area is 98.2 Å². The minimum atomic E-state index is -0.214. The van der Waals surface area contributed by atoms with E-state index in [9.17, 15) is 4.39 Å². The summed E-state index contributed by atoms with van der Waals surface area (Å²) in [5.41, 5.74) is 0.655. The first-order valence-electron chi connectivity index (χ1n) is 4.75. The van der Waals surface area contributed by atoms with E-state index in [0.29, 0.717) is 16.5 Å². The van der Waals surface area contributed by atoms with Crippen LogP contribution in [0.4, 0.5) is 4.39 Å². The van der Waals surface area contributed by atoms with Gasteiger partial charge in [-0.2, -0.15) is 0 Å². The minimum Gasteiger partial charge on any atom is -0.313 e. The Morgan fingerprint density at radius 3 is 2.93 bits per heavy atom. The molecule has 1 nitrogen and oxygen atoms in total. The Kier molecular flexibility index (Phi) is 4.80. The normalized spacial score (nSPS) is 12.1. The predicted molar refractivity (Wildman–Crippen MR) is 64.0 cm³/mol. The highest BCUT2D eigenvalue weighted by Gasteiger charge is 2.14. The van der Waals surface area contributed by atoms with E-state index in [4.69, 9.17) is 6.42 Å². The third kappa shape index (κ3) is 3.05. The molecular formula is C12H13BrFN. The lowest BCUT2D eigenvalue weighted by molar-refractivity contribution is 0.512. The Hall–Kier alpha value is -0.850. The number of benzene rings is 1. The minimum absolute atomic E-state index is 0.0291. The van der Waals surface area contributed by atoms with Crippen molar-refractivity contribution in [2.45, 2.75) is 18.9 Å². The topological polar surface area (TPSA) is 12.0 Å². The van der Waals surface area contributed by atoms with Crippen molar-refractivity contribution in [2.24, 2.45) is 0 Å². The fourth-order valence-corrected chi connectivity index (χ4v) is 1.85. The fraction of sp³-hybridized carbons (Fsp3) is 0.333. The first-order valence-corrected chi connectivity index (χ1v) is 5.54. The lowest BCUT2D eigenvalue weighted by atomic mass is 10.0. The molecule has 1 aromatic rings. The largest absolute Gasteiger partial charge is 0.313 e. The molecule has 3 heteroatoms. The molecule has 0 aliphatic heterocycles. The van der Waals surface area contributed by atoms with E-state index in [2.05, 4.69) is 27.2 Å². The van der Waals surface area contributed by atoms with Gasteiger partial charge in [-0.25, -0.2) is 4.39 Å². The number of terminal acetylenes is 1. The first-order chi connectivity index (χ1) is 7.20. The second-order valence-electron chi connectivity index (χ2n) is 3.23. The molecule has 1 N–H and O–H groups in total. The van der Waals surface area contributed by atoms with Gasteiger partial charge in [0, 0.05) is 18.0 Å². The van der Waals surface area contributed by atoms with Crippen molar-refractivity contribution in [1.29, 1.82) is 0 Å². The molecule has 1 unspecified atom stereocenters. The second-order valence-corrected chi connectivity index (χ2v) is 4.08. The van der Waals surface area contributed by atoms with E-state index in [0.717, 1.165) is 6.42 Å². The van der Waals surface area contributed by atoms with Crippen LogP contribution in [-0.4, -0.2) is 7.05 Å². The molecule has 0 amide bonds. The molecule has 0 bridgehead atoms. The average molecular weight is 270 g/mol. The van der Waals surface area contributed by atoms with Gasteiger partial charge in [0.05, 0.1) is 4.47 Å². The number of hydrogen-bond donors (Lipinski definition) is 1. The van der Waals surface area contributed by atoms with Gasteiger partial charge in [-0.05, 0) is 35.5 Å². The summed E-state index contributed by atoms with van der Waals surface area (Å²) in [6.45, 7) is 0. The Morgan fingerprint density at radius 1 is 1.60 bits per heavy atom. The summed E-state index contributed by atoms with van der Waals surface area (Å²) in [6.07, 6.45) is 6.57. The van der Waals surface area contributed by atoms with Crippen molar-refractivity contribution in [3.05, 3.63) is 34.1 Å². The van der Waals surface area contributed by atoms with Crippen LogP contribution in [0.1, 0.15) is 24.4 Å². The molecular weight excluding hydrogens is 257 g/mol. The molecule has 1 aromatic carbocycles. The summed E-state index contributed by atoms with van der Waals surface area (Å²) in [6, 6.07) is 5.26. The van der Waals surface area contributed by atoms with Crippen LogP contribution in [-0.2, 0) is 0 Å². The van der Waals surface area contributed by atoms with Crippen LogP contribution in [0.3, 0.4) is 0 Å². The quantitative estimate of drug-likeness (QED) is 0.828. The van der Waals surface area contributed by atoms with E-state index in [1.165, 1.54) is 0 Å². The maximum Gasteiger partial charge on any atom is 0.142 e. The second kappa shape index (κ2) is 5.89. The maximum absolute atomic E-state index is 13.7. The molecule has 0 radical (unpaired) electrons. The Balaban J connectivity index is 2.92. The van der Waals surface area contributed by atoms with Crippen molar-refractivity contribution in [3.63, 3.8) is 0 Å². The first kappa shape index (κ1) is 12.2. The van der Waals surface area contributed by atoms with E-state index >= 15 is 0 Å². The van der Waals surface area contributed by atoms with Crippen molar-refractivity contribution >= 4 is 15.9 Å². The standard InChI is InChI=1S/C12H13BrFN/c1-3-4-8-11(15-2)9-6-5-7-10(13)12(9)14/h1,5-7,11,15H,4,8H2,2H3. The highest BCUT2D eigenvalue weighted by molar-refractivity contribution is 9.10. The predicted octanol–water partition coefficient (Wildman–Crippen LogP) is 3.26. The summed E-state index contributed by atoms with van der Waals surface area (Å²) in [7, 11) is 1.81. The Morgan fingerprint density at radius 2 is 2.33 bits per heavy atom. The van der Waals surface area contributed by atoms with Gasteiger partial charge in [-0.1, -0.05) is 12.1 Å². The zero-order chi connectivity index (χ0) is 11.3. The van der Waals surface area contributed by atoms with Crippen molar-refractivity contribution in [3.8, 4) is 12.3 Å². The summed E-state index contributed by atoms with van der Waals surface area (Å²) >= 11 is 3.17. The number of halogens is 2. The van der Waals surface area contributed by atoms with Crippen LogP contribution in [0.15, 0.2) is 22.7 Å². The van der Waals surface area contributed by atoms with Gasteiger partial charge in [-0.15, -0.1) is 12.3 Å². The highest BCUT2D eigenvalue weighted by Crippen LogP contribution is 2.25. The van der Waals surface area contributed by atoms with Crippen molar-refractivity contribution in [2.75, 3.05) is 7.05 Å². The molecule has 0 saturated heterocycles. The van der Waals surface area contributed by atoms with Crippen molar-refractivity contribution in [1.82, 2.24) is 5.32 Å². The van der Waals surface area contributed by atoms with E-state index < -0.39 is 0 Å². The molecule has 80 valence electrons. The van der Waals surface area contributed by atoms with E-state index in [-0.39, 0.29) is 11.9 Å². The molecule has 0 aliphatic carbocycles. The van der Waals surface area contributed by atoms with Gasteiger partial charge in [0.15, 0.2) is 0 Å². The third-order valence-electron chi connectivity index (χ3n) is 2.28. The van der Waals surface area contributed by atoms with Gasteiger partial charge >= 0.3 is 0 Å². The zero-order valence-electron chi connectivity index (χ0n) is 8.56. The van der Waals surface area contributed by atoms with Crippen LogP contribution in [0, 0.1) is 18.2 Å². The number of nitrogens with one attached hydrogen (secondary N) is 1. The highest BCUT2D eigenvalue weighted by atomic mass is 79.9. The number of rotatable bonds is 4. The monoisotopic (exact) mass is 269 g/mol.